The minimum Gasteiger partial charge on any atom is -0.507 e. The van der Waals surface area contributed by atoms with E-state index >= 15 is 0 Å². The topological polar surface area (TPSA) is 93.6 Å². The molecule has 1 aliphatic carbocycles. The molecule has 7 rings (SSSR count). The predicted octanol–water partition coefficient (Wildman–Crippen LogP) is 9.36. The lowest BCUT2D eigenvalue weighted by Gasteiger charge is -2.25. The Balaban J connectivity index is 1.53. The molecule has 1 aliphatic rings. The Morgan fingerprint density at radius 3 is 2.04 bits per heavy atom. The van der Waals surface area contributed by atoms with Crippen LogP contribution in [-0.2, 0) is 5.41 Å². The summed E-state index contributed by atoms with van der Waals surface area (Å²) in [5.74, 6) is 1.41. The molecular weight excluding hydrogens is 574 g/mol. The Morgan fingerprint density at radius 2 is 1.39 bits per heavy atom. The van der Waals surface area contributed by atoms with Crippen LogP contribution in [0, 0.1) is 6.92 Å². The Hall–Kier alpha value is -5.69. The van der Waals surface area contributed by atoms with Gasteiger partial charge in [-0.05, 0) is 54.3 Å². The van der Waals surface area contributed by atoms with Crippen molar-refractivity contribution < 1.29 is 19.4 Å². The highest BCUT2D eigenvalue weighted by atomic mass is 16.5. The second-order valence-corrected chi connectivity index (χ2v) is 12.6. The minimum atomic E-state index is -0.137. The first-order chi connectivity index (χ1) is 22.1. The average molecular weight is 608 g/mol. The highest BCUT2D eigenvalue weighted by molar-refractivity contribution is 6.30. The largest absolute Gasteiger partial charge is 0.507 e. The molecule has 6 aromatic rings. The maximum Gasteiger partial charge on any atom is 0.196 e. The number of phenolic OH excluding ortho intramolecular Hbond substituents is 1. The second-order valence-electron chi connectivity index (χ2n) is 12.6. The Labute approximate surface area is 267 Å². The van der Waals surface area contributed by atoms with E-state index in [4.69, 9.17) is 14.6 Å². The van der Waals surface area contributed by atoms with Gasteiger partial charge in [-0.25, -0.2) is 0 Å². The maximum absolute atomic E-state index is 14.4. The third-order valence-corrected chi connectivity index (χ3v) is 8.41. The van der Waals surface area contributed by atoms with Crippen LogP contribution in [0.15, 0.2) is 97.1 Å². The number of ketones is 1. The first-order valence-electron chi connectivity index (χ1n) is 15.1. The van der Waals surface area contributed by atoms with Crippen molar-refractivity contribution in [2.24, 2.45) is 0 Å². The lowest BCUT2D eigenvalue weighted by atomic mass is 9.83. The number of aromatic hydroxyl groups is 1. The third kappa shape index (κ3) is 5.00. The molecule has 1 aromatic heterocycles. The number of fused-ring (bicyclic) bond motifs is 2. The minimum absolute atomic E-state index is 0.000808. The van der Waals surface area contributed by atoms with Crippen molar-refractivity contribution in [1.82, 2.24) is 10.2 Å². The zero-order valence-corrected chi connectivity index (χ0v) is 26.3. The van der Waals surface area contributed by atoms with Gasteiger partial charge in [0.1, 0.15) is 34.4 Å². The molecule has 0 radical (unpaired) electrons. The van der Waals surface area contributed by atoms with E-state index in [0.29, 0.717) is 67.4 Å². The summed E-state index contributed by atoms with van der Waals surface area (Å²) < 4.78 is 11.9. The van der Waals surface area contributed by atoms with Gasteiger partial charge in [-0.15, -0.1) is 10.2 Å². The first-order valence-corrected chi connectivity index (χ1v) is 15.1. The third-order valence-electron chi connectivity index (χ3n) is 8.41. The molecule has 0 spiro atoms. The zero-order valence-electron chi connectivity index (χ0n) is 26.3. The fraction of sp³-hybridized carbons (Fsp3) is 0.154. The van der Waals surface area contributed by atoms with E-state index in [0.717, 1.165) is 11.3 Å². The number of benzene rings is 5. The van der Waals surface area contributed by atoms with Crippen molar-refractivity contribution in [3.05, 3.63) is 119 Å². The summed E-state index contributed by atoms with van der Waals surface area (Å²) in [6.07, 6.45) is 0. The number of carbonyl (C=O) groups excluding carboxylic acids is 1. The summed E-state index contributed by atoms with van der Waals surface area (Å²) in [7, 11) is 1.54. The van der Waals surface area contributed by atoms with E-state index in [1.54, 1.807) is 19.2 Å². The zero-order chi connectivity index (χ0) is 32.2. The number of phenols is 1. The van der Waals surface area contributed by atoms with E-state index in [1.807, 2.05) is 73.7 Å². The van der Waals surface area contributed by atoms with Gasteiger partial charge in [0, 0.05) is 39.9 Å². The number of carbonyl (C=O) groups is 1. The van der Waals surface area contributed by atoms with Crippen molar-refractivity contribution in [1.29, 1.82) is 0 Å². The van der Waals surface area contributed by atoms with Crippen LogP contribution < -0.4 is 14.8 Å². The molecule has 0 saturated heterocycles. The predicted molar refractivity (Wildman–Crippen MR) is 182 cm³/mol. The van der Waals surface area contributed by atoms with Gasteiger partial charge in [-0.3, -0.25) is 4.79 Å². The summed E-state index contributed by atoms with van der Waals surface area (Å²) in [6.45, 7) is 8.54. The number of anilines is 2. The Morgan fingerprint density at radius 1 is 0.739 bits per heavy atom. The van der Waals surface area contributed by atoms with Crippen molar-refractivity contribution in [3.63, 3.8) is 0 Å². The van der Waals surface area contributed by atoms with Gasteiger partial charge in [0.2, 0.25) is 0 Å². The number of ether oxygens (including phenoxy) is 2. The lowest BCUT2D eigenvalue weighted by molar-refractivity contribution is 0.104. The van der Waals surface area contributed by atoms with E-state index < -0.39 is 0 Å². The molecule has 1 heterocycles. The molecule has 0 bridgehead atoms. The fourth-order valence-electron chi connectivity index (χ4n) is 5.93. The summed E-state index contributed by atoms with van der Waals surface area (Å²) in [5, 5.41) is 25.2. The average Bonchev–Trinajstić information content (AvgIpc) is 3.05. The summed E-state index contributed by atoms with van der Waals surface area (Å²) in [6, 6.07) is 30.3. The van der Waals surface area contributed by atoms with E-state index in [9.17, 15) is 9.90 Å². The Bertz CT molecular complexity index is 2150. The van der Waals surface area contributed by atoms with Gasteiger partial charge in [0.25, 0.3) is 0 Å². The molecule has 0 saturated carbocycles. The van der Waals surface area contributed by atoms with Gasteiger partial charge in [0.05, 0.1) is 23.7 Å². The molecule has 0 unspecified atom stereocenters. The van der Waals surface area contributed by atoms with Crippen LogP contribution in [0.4, 0.5) is 11.4 Å². The number of nitrogens with zero attached hydrogens (tertiary/aromatic N) is 2. The molecule has 0 fully saturated rings. The molecule has 5 aromatic carbocycles. The first kappa shape index (κ1) is 29.0. The Kier molecular flexibility index (Phi) is 6.97. The highest BCUT2D eigenvalue weighted by Crippen LogP contribution is 2.49. The van der Waals surface area contributed by atoms with Crippen LogP contribution in [0.3, 0.4) is 0 Å². The molecule has 0 atom stereocenters. The number of methoxy groups -OCH3 is 1. The van der Waals surface area contributed by atoms with Crippen LogP contribution in [-0.4, -0.2) is 28.2 Å². The number of aryl methyl sites for hydroxylation is 1. The monoisotopic (exact) mass is 607 g/mol. The lowest BCUT2D eigenvalue weighted by Crippen LogP contribution is -2.15. The SMILES string of the molecule is COc1ccc(-c2nnc3c4c(c(Nc5ccc(C(C)(C)C)cc5)cc(Oc5ccc(C)cc5)c24)C(=O)c2ccccc2-3)c(O)c1. The molecule has 0 amide bonds. The molecule has 228 valence electrons. The fourth-order valence-corrected chi connectivity index (χ4v) is 5.93. The molecular formula is C39H33N3O4. The van der Waals surface area contributed by atoms with Crippen LogP contribution in [0.2, 0.25) is 0 Å². The number of hydrogen-bond acceptors (Lipinski definition) is 7. The van der Waals surface area contributed by atoms with Crippen molar-refractivity contribution in [3.8, 4) is 45.5 Å². The highest BCUT2D eigenvalue weighted by Gasteiger charge is 2.33. The van der Waals surface area contributed by atoms with Crippen LogP contribution in [0.1, 0.15) is 47.8 Å². The van der Waals surface area contributed by atoms with Crippen LogP contribution in [0.5, 0.6) is 23.0 Å². The van der Waals surface area contributed by atoms with Gasteiger partial charge >= 0.3 is 0 Å². The van der Waals surface area contributed by atoms with Gasteiger partial charge in [0.15, 0.2) is 5.78 Å². The second kappa shape index (κ2) is 11.0. The molecule has 7 nitrogen and oxygen atoms in total. The summed E-state index contributed by atoms with van der Waals surface area (Å²) in [4.78, 5) is 14.4. The van der Waals surface area contributed by atoms with E-state index in [1.165, 1.54) is 11.6 Å². The van der Waals surface area contributed by atoms with Crippen LogP contribution in [0.25, 0.3) is 33.3 Å². The standard InChI is InChI=1S/C39H33N3O4/c1-22-10-16-25(17-11-22)46-32-21-30(40-24-14-12-23(13-15-24)39(2,3)4)33-35-34(32)37(29-19-18-26(45-5)20-31(29)43)42-41-36(35)27-8-6-7-9-28(27)38(33)44/h6-21,40,43H,1-5H3. The maximum atomic E-state index is 14.4. The molecule has 46 heavy (non-hydrogen) atoms. The van der Waals surface area contributed by atoms with Gasteiger partial charge in [-0.1, -0.05) is 74.9 Å². The number of nitrogens with one attached hydrogen (secondary N) is 1. The van der Waals surface area contributed by atoms with Gasteiger partial charge in [-0.2, -0.15) is 0 Å². The summed E-state index contributed by atoms with van der Waals surface area (Å²) in [5.41, 5.74) is 6.79. The quantitative estimate of drug-likeness (QED) is 0.195. The number of hydrogen-bond donors (Lipinski definition) is 2. The van der Waals surface area contributed by atoms with Crippen molar-refractivity contribution in [2.75, 3.05) is 12.4 Å². The van der Waals surface area contributed by atoms with E-state index in [-0.39, 0.29) is 16.9 Å². The van der Waals surface area contributed by atoms with Crippen molar-refractivity contribution >= 4 is 27.9 Å². The number of aromatic nitrogens is 2. The smallest absolute Gasteiger partial charge is 0.196 e. The molecule has 7 heteroatoms. The summed E-state index contributed by atoms with van der Waals surface area (Å²) >= 11 is 0. The molecule has 2 N–H and O–H groups in total. The molecule has 0 aliphatic heterocycles. The normalized spacial score (nSPS) is 12.2. The van der Waals surface area contributed by atoms with E-state index in [2.05, 4.69) is 43.3 Å². The van der Waals surface area contributed by atoms with Crippen molar-refractivity contribution in [2.45, 2.75) is 33.1 Å². The van der Waals surface area contributed by atoms with Crippen LogP contribution >= 0.6 is 0 Å². The number of rotatable bonds is 6. The van der Waals surface area contributed by atoms with Gasteiger partial charge < -0.3 is 19.9 Å².